The van der Waals surface area contributed by atoms with Crippen molar-refractivity contribution in [2.24, 2.45) is 0 Å². The maximum Gasteiger partial charge on any atom is 0.313 e. The summed E-state index contributed by atoms with van der Waals surface area (Å²) in [6.45, 7) is 3.68. The number of nitrogens with zero attached hydrogens (tertiary/aromatic N) is 2. The van der Waals surface area contributed by atoms with Crippen LogP contribution in [0.25, 0.3) is 21.8 Å². The molecule has 1 aliphatic heterocycles. The number of carbonyl (C=O) groups is 2. The van der Waals surface area contributed by atoms with Crippen molar-refractivity contribution >= 4 is 39.3 Å². The number of likely N-dealkylation sites (tertiary alicyclic amines) is 1. The number of hydrogen-bond donors (Lipinski definition) is 2. The monoisotopic (exact) mass is 365 g/mol. The third kappa shape index (κ3) is 3.17. The van der Waals surface area contributed by atoms with Crippen molar-refractivity contribution < 1.29 is 14.7 Å². The van der Waals surface area contributed by atoms with Gasteiger partial charge in [-0.3, -0.25) is 9.59 Å². The van der Waals surface area contributed by atoms with Crippen LogP contribution in [-0.4, -0.2) is 45.6 Å². The smallest absolute Gasteiger partial charge is 0.313 e. The lowest BCUT2D eigenvalue weighted by Crippen LogP contribution is -2.46. The first-order valence-corrected chi connectivity index (χ1v) is 9.37. The molecule has 4 rings (SSSR count). The van der Waals surface area contributed by atoms with Crippen LogP contribution in [0.2, 0.25) is 0 Å². The van der Waals surface area contributed by atoms with Crippen LogP contribution < -0.4 is 5.32 Å². The number of anilines is 1. The Kier molecular flexibility index (Phi) is 4.58. The van der Waals surface area contributed by atoms with E-state index in [9.17, 15) is 14.7 Å². The Morgan fingerprint density at radius 2 is 1.93 bits per heavy atom. The SMILES string of the molecule is CCn1c2ccccc2c2cc(NC(=O)C(=O)N3CCC[C@@H](O)C3)ccc21. The Morgan fingerprint density at radius 3 is 2.70 bits per heavy atom. The molecule has 3 aromatic rings. The molecule has 0 spiro atoms. The number of aryl methyl sites for hydroxylation is 1. The van der Waals surface area contributed by atoms with E-state index in [-0.39, 0.29) is 6.54 Å². The van der Waals surface area contributed by atoms with Crippen molar-refractivity contribution in [3.63, 3.8) is 0 Å². The molecule has 1 aromatic heterocycles. The minimum absolute atomic E-state index is 0.218. The summed E-state index contributed by atoms with van der Waals surface area (Å²) < 4.78 is 2.23. The fraction of sp³-hybridized carbons (Fsp3) is 0.333. The Balaban J connectivity index is 1.62. The Labute approximate surface area is 157 Å². The first-order chi connectivity index (χ1) is 13.1. The van der Waals surface area contributed by atoms with Crippen LogP contribution in [0.3, 0.4) is 0 Å². The van der Waals surface area contributed by atoms with E-state index < -0.39 is 17.9 Å². The number of nitrogens with one attached hydrogen (secondary N) is 1. The predicted molar refractivity (Wildman–Crippen MR) is 106 cm³/mol. The standard InChI is InChI=1S/C21H23N3O3/c1-2-24-18-8-4-3-7-16(18)17-12-14(9-10-19(17)24)22-20(26)21(27)23-11-5-6-15(25)13-23/h3-4,7-10,12,15,25H,2,5-6,11,13H2,1H3,(H,22,26)/t15-/m1/s1. The van der Waals surface area contributed by atoms with Gasteiger partial charge in [-0.25, -0.2) is 0 Å². The van der Waals surface area contributed by atoms with E-state index in [1.54, 1.807) is 0 Å². The Bertz CT molecular complexity index is 1020. The van der Waals surface area contributed by atoms with Crippen molar-refractivity contribution in [1.29, 1.82) is 0 Å². The molecule has 0 saturated carbocycles. The summed E-state index contributed by atoms with van der Waals surface area (Å²) in [5.41, 5.74) is 2.84. The van der Waals surface area contributed by atoms with Crippen LogP contribution in [0.1, 0.15) is 19.8 Å². The molecular formula is C21H23N3O3. The summed E-state index contributed by atoms with van der Waals surface area (Å²) in [4.78, 5) is 26.2. The third-order valence-electron chi connectivity index (χ3n) is 5.22. The zero-order valence-electron chi connectivity index (χ0n) is 15.3. The Hall–Kier alpha value is -2.86. The zero-order valence-corrected chi connectivity index (χ0v) is 15.3. The molecule has 2 aromatic carbocycles. The number of piperidine rings is 1. The van der Waals surface area contributed by atoms with Gasteiger partial charge in [-0.1, -0.05) is 18.2 Å². The van der Waals surface area contributed by atoms with Crippen LogP contribution >= 0.6 is 0 Å². The summed E-state index contributed by atoms with van der Waals surface area (Å²) in [5, 5.41) is 14.6. The minimum atomic E-state index is -0.664. The highest BCUT2D eigenvalue weighted by molar-refractivity contribution is 6.39. The maximum absolute atomic E-state index is 12.4. The molecule has 1 saturated heterocycles. The fourth-order valence-corrected chi connectivity index (χ4v) is 3.94. The number of hydrogen-bond acceptors (Lipinski definition) is 3. The number of fused-ring (bicyclic) bond motifs is 3. The number of benzene rings is 2. The molecule has 140 valence electrons. The van der Waals surface area contributed by atoms with E-state index >= 15 is 0 Å². The molecule has 1 aliphatic rings. The average Bonchev–Trinajstić information content (AvgIpc) is 3.00. The summed E-state index contributed by atoms with van der Waals surface area (Å²) >= 11 is 0. The molecular weight excluding hydrogens is 342 g/mol. The molecule has 0 unspecified atom stereocenters. The van der Waals surface area contributed by atoms with Gasteiger partial charge in [0, 0.05) is 47.1 Å². The first kappa shape index (κ1) is 17.5. The number of carbonyl (C=O) groups excluding carboxylic acids is 2. The molecule has 6 nitrogen and oxygen atoms in total. The van der Waals surface area contributed by atoms with E-state index in [4.69, 9.17) is 0 Å². The van der Waals surface area contributed by atoms with Gasteiger partial charge < -0.3 is 19.9 Å². The van der Waals surface area contributed by atoms with Gasteiger partial charge in [-0.15, -0.1) is 0 Å². The van der Waals surface area contributed by atoms with Gasteiger partial charge in [0.05, 0.1) is 6.10 Å². The summed E-state index contributed by atoms with van der Waals surface area (Å²) in [6.07, 6.45) is 0.832. The van der Waals surface area contributed by atoms with Crippen molar-refractivity contribution in [2.45, 2.75) is 32.4 Å². The molecule has 0 radical (unpaired) electrons. The molecule has 1 fully saturated rings. The second kappa shape index (κ2) is 7.04. The van der Waals surface area contributed by atoms with E-state index in [0.717, 1.165) is 28.4 Å². The molecule has 0 aliphatic carbocycles. The topological polar surface area (TPSA) is 74.6 Å². The van der Waals surface area contributed by atoms with Crippen LogP contribution in [0.5, 0.6) is 0 Å². The van der Waals surface area contributed by atoms with Crippen molar-refractivity contribution in [2.75, 3.05) is 18.4 Å². The number of β-amino-alcohol motifs (C(OH)–C–C–N with tert-alkyl or cyclic N) is 1. The van der Waals surface area contributed by atoms with E-state index in [1.165, 1.54) is 4.90 Å². The lowest BCUT2D eigenvalue weighted by molar-refractivity contribution is -0.145. The average molecular weight is 365 g/mol. The second-order valence-electron chi connectivity index (χ2n) is 6.99. The predicted octanol–water partition coefficient (Wildman–Crippen LogP) is 2.74. The second-order valence-corrected chi connectivity index (χ2v) is 6.99. The molecule has 2 heterocycles. The maximum atomic E-state index is 12.4. The van der Waals surface area contributed by atoms with Gasteiger partial charge in [0.2, 0.25) is 0 Å². The van der Waals surface area contributed by atoms with Gasteiger partial charge in [-0.05, 0) is 44.0 Å². The minimum Gasteiger partial charge on any atom is -0.391 e. The first-order valence-electron chi connectivity index (χ1n) is 9.37. The van der Waals surface area contributed by atoms with Crippen molar-refractivity contribution in [3.8, 4) is 0 Å². The lowest BCUT2D eigenvalue weighted by Gasteiger charge is -2.29. The normalized spacial score (nSPS) is 17.4. The van der Waals surface area contributed by atoms with Crippen LogP contribution in [0.15, 0.2) is 42.5 Å². The molecule has 2 amide bonds. The van der Waals surface area contributed by atoms with E-state index in [0.29, 0.717) is 25.1 Å². The highest BCUT2D eigenvalue weighted by Gasteiger charge is 2.27. The van der Waals surface area contributed by atoms with Gasteiger partial charge in [0.1, 0.15) is 0 Å². The third-order valence-corrected chi connectivity index (χ3v) is 5.22. The van der Waals surface area contributed by atoms with Gasteiger partial charge in [0.15, 0.2) is 0 Å². The lowest BCUT2D eigenvalue weighted by atomic mass is 10.1. The summed E-state index contributed by atoms with van der Waals surface area (Å²) in [7, 11) is 0. The largest absolute Gasteiger partial charge is 0.391 e. The summed E-state index contributed by atoms with van der Waals surface area (Å²) in [6, 6.07) is 13.9. The zero-order chi connectivity index (χ0) is 19.0. The molecule has 1 atom stereocenters. The van der Waals surface area contributed by atoms with Crippen molar-refractivity contribution in [1.82, 2.24) is 9.47 Å². The van der Waals surface area contributed by atoms with E-state index in [2.05, 4.69) is 28.9 Å². The molecule has 6 heteroatoms. The molecule has 0 bridgehead atoms. The number of para-hydroxylation sites is 1. The highest BCUT2D eigenvalue weighted by atomic mass is 16.3. The quantitative estimate of drug-likeness (QED) is 0.686. The van der Waals surface area contributed by atoms with E-state index in [1.807, 2.05) is 30.3 Å². The van der Waals surface area contributed by atoms with Crippen LogP contribution in [-0.2, 0) is 16.1 Å². The number of amides is 2. The van der Waals surface area contributed by atoms with Crippen molar-refractivity contribution in [3.05, 3.63) is 42.5 Å². The number of aliphatic hydroxyl groups is 1. The van der Waals surface area contributed by atoms with Gasteiger partial charge in [0.25, 0.3) is 0 Å². The molecule has 2 N–H and O–H groups in total. The highest BCUT2D eigenvalue weighted by Crippen LogP contribution is 2.31. The Morgan fingerprint density at radius 1 is 1.15 bits per heavy atom. The van der Waals surface area contributed by atoms with Gasteiger partial charge >= 0.3 is 11.8 Å². The van der Waals surface area contributed by atoms with Gasteiger partial charge in [-0.2, -0.15) is 0 Å². The number of aromatic nitrogens is 1. The molecule has 27 heavy (non-hydrogen) atoms. The fourth-order valence-electron chi connectivity index (χ4n) is 3.94. The van der Waals surface area contributed by atoms with Crippen LogP contribution in [0, 0.1) is 0 Å². The number of aliphatic hydroxyl groups excluding tert-OH is 1. The summed E-state index contributed by atoms with van der Waals surface area (Å²) in [5.74, 6) is -1.26. The van der Waals surface area contributed by atoms with Crippen LogP contribution in [0.4, 0.5) is 5.69 Å². The number of rotatable bonds is 2.